The van der Waals surface area contributed by atoms with Gasteiger partial charge in [0.2, 0.25) is 16.4 Å². The van der Waals surface area contributed by atoms with E-state index in [1.165, 1.54) is 10.6 Å². The Morgan fingerprint density at radius 3 is 1.92 bits per heavy atom. The molecular weight excluding hydrogens is 216 g/mol. The van der Waals surface area contributed by atoms with Crippen LogP contribution in [0.2, 0.25) is 0 Å². The minimum Gasteiger partial charge on any atom is -0.343 e. The SMILES string of the molecule is CS(=O)(=O)N1CCN(C=O)CC1.Cl. The molecule has 13 heavy (non-hydrogen) atoms. The molecule has 0 aromatic carbocycles. The molecule has 1 saturated heterocycles. The van der Waals surface area contributed by atoms with Crippen LogP contribution in [0.15, 0.2) is 0 Å². The summed E-state index contributed by atoms with van der Waals surface area (Å²) < 4.78 is 23.4. The van der Waals surface area contributed by atoms with E-state index < -0.39 is 10.0 Å². The average molecular weight is 229 g/mol. The second-order valence-electron chi connectivity index (χ2n) is 2.80. The number of sulfonamides is 1. The molecule has 0 aromatic heterocycles. The molecule has 1 rings (SSSR count). The quantitative estimate of drug-likeness (QED) is 0.578. The molecule has 7 heteroatoms. The molecule has 0 unspecified atom stereocenters. The van der Waals surface area contributed by atoms with E-state index >= 15 is 0 Å². The van der Waals surface area contributed by atoms with Gasteiger partial charge in [0.05, 0.1) is 6.26 Å². The normalized spacial score (nSPS) is 19.3. The smallest absolute Gasteiger partial charge is 0.211 e. The van der Waals surface area contributed by atoms with Gasteiger partial charge in [0.15, 0.2) is 0 Å². The first-order chi connectivity index (χ1) is 5.54. The Labute approximate surface area is 84.2 Å². The average Bonchev–Trinajstić information content (AvgIpc) is 2.03. The monoisotopic (exact) mass is 228 g/mol. The second kappa shape index (κ2) is 4.78. The third-order valence-corrected chi connectivity index (χ3v) is 3.19. The molecule has 0 spiro atoms. The lowest BCUT2D eigenvalue weighted by molar-refractivity contribution is -0.119. The maximum absolute atomic E-state index is 11.0. The summed E-state index contributed by atoms with van der Waals surface area (Å²) in [6.45, 7) is 1.82. The maximum Gasteiger partial charge on any atom is 0.211 e. The predicted octanol–water partition coefficient (Wildman–Crippen LogP) is -0.858. The zero-order valence-corrected chi connectivity index (χ0v) is 8.97. The van der Waals surface area contributed by atoms with E-state index in [0.29, 0.717) is 26.2 Å². The van der Waals surface area contributed by atoms with Crippen LogP contribution in [-0.4, -0.2) is 56.5 Å². The molecule has 0 bridgehead atoms. The summed E-state index contributed by atoms with van der Waals surface area (Å²) in [4.78, 5) is 11.8. The summed E-state index contributed by atoms with van der Waals surface area (Å²) in [5.41, 5.74) is 0. The van der Waals surface area contributed by atoms with Gasteiger partial charge in [0.25, 0.3) is 0 Å². The van der Waals surface area contributed by atoms with E-state index in [1.807, 2.05) is 0 Å². The van der Waals surface area contributed by atoms with Crippen molar-refractivity contribution in [1.82, 2.24) is 9.21 Å². The van der Waals surface area contributed by atoms with Gasteiger partial charge in [0.1, 0.15) is 0 Å². The minimum atomic E-state index is -3.07. The Morgan fingerprint density at radius 1 is 1.15 bits per heavy atom. The number of rotatable bonds is 2. The third kappa shape index (κ3) is 3.50. The maximum atomic E-state index is 11.0. The number of nitrogens with zero attached hydrogens (tertiary/aromatic N) is 2. The molecule has 5 nitrogen and oxygen atoms in total. The van der Waals surface area contributed by atoms with Crippen LogP contribution in [0.3, 0.4) is 0 Å². The molecule has 0 radical (unpaired) electrons. The summed E-state index contributed by atoms with van der Waals surface area (Å²) in [6, 6.07) is 0. The summed E-state index contributed by atoms with van der Waals surface area (Å²) in [7, 11) is -3.07. The van der Waals surface area contributed by atoms with E-state index in [9.17, 15) is 13.2 Å². The number of carbonyl (C=O) groups excluding carboxylic acids is 1. The van der Waals surface area contributed by atoms with Crippen LogP contribution >= 0.6 is 12.4 Å². The van der Waals surface area contributed by atoms with Crippen molar-refractivity contribution in [2.75, 3.05) is 32.4 Å². The standard InChI is InChI=1S/C6H12N2O3S.ClH/c1-12(10,11)8-4-2-7(6-9)3-5-8;/h6H,2-5H2,1H3;1H. The molecule has 0 aromatic rings. The number of piperazine rings is 1. The highest BCUT2D eigenvalue weighted by atomic mass is 35.5. The van der Waals surface area contributed by atoms with Gasteiger partial charge in [-0.05, 0) is 0 Å². The van der Waals surface area contributed by atoms with Gasteiger partial charge >= 0.3 is 0 Å². The third-order valence-electron chi connectivity index (χ3n) is 1.89. The minimum absolute atomic E-state index is 0. The van der Waals surface area contributed by atoms with Crippen LogP contribution in [0, 0.1) is 0 Å². The van der Waals surface area contributed by atoms with Gasteiger partial charge in [0, 0.05) is 26.2 Å². The summed E-state index contributed by atoms with van der Waals surface area (Å²) in [5.74, 6) is 0. The van der Waals surface area contributed by atoms with Gasteiger partial charge in [-0.2, -0.15) is 4.31 Å². The topological polar surface area (TPSA) is 57.7 Å². The lowest BCUT2D eigenvalue weighted by Crippen LogP contribution is -2.47. The van der Waals surface area contributed by atoms with Crippen molar-refractivity contribution in [1.29, 1.82) is 0 Å². The largest absolute Gasteiger partial charge is 0.343 e. The van der Waals surface area contributed by atoms with E-state index in [0.717, 1.165) is 6.41 Å². The van der Waals surface area contributed by atoms with Crippen molar-refractivity contribution < 1.29 is 13.2 Å². The number of amides is 1. The summed E-state index contributed by atoms with van der Waals surface area (Å²) in [5, 5.41) is 0. The lowest BCUT2D eigenvalue weighted by Gasteiger charge is -2.30. The fourth-order valence-electron chi connectivity index (χ4n) is 1.14. The second-order valence-corrected chi connectivity index (χ2v) is 4.79. The van der Waals surface area contributed by atoms with Crippen molar-refractivity contribution in [2.24, 2.45) is 0 Å². The zero-order chi connectivity index (χ0) is 9.19. The van der Waals surface area contributed by atoms with Crippen molar-refractivity contribution in [2.45, 2.75) is 0 Å². The van der Waals surface area contributed by atoms with Gasteiger partial charge in [-0.1, -0.05) is 0 Å². The summed E-state index contributed by atoms with van der Waals surface area (Å²) >= 11 is 0. The van der Waals surface area contributed by atoms with Crippen LogP contribution < -0.4 is 0 Å². The van der Waals surface area contributed by atoms with Crippen LogP contribution in [0.4, 0.5) is 0 Å². The molecule has 0 N–H and O–H groups in total. The van der Waals surface area contributed by atoms with Gasteiger partial charge in [-0.25, -0.2) is 8.42 Å². The van der Waals surface area contributed by atoms with Gasteiger partial charge in [-0.3, -0.25) is 4.79 Å². The highest BCUT2D eigenvalue weighted by molar-refractivity contribution is 7.88. The van der Waals surface area contributed by atoms with Crippen LogP contribution in [0.25, 0.3) is 0 Å². The molecule has 0 aliphatic carbocycles. The van der Waals surface area contributed by atoms with E-state index in [-0.39, 0.29) is 12.4 Å². The Hall–Kier alpha value is -0.330. The van der Waals surface area contributed by atoms with Crippen molar-refractivity contribution >= 4 is 28.8 Å². The Bertz CT molecular complexity index is 259. The van der Waals surface area contributed by atoms with Gasteiger partial charge in [-0.15, -0.1) is 12.4 Å². The zero-order valence-electron chi connectivity index (χ0n) is 7.34. The van der Waals surface area contributed by atoms with Crippen molar-refractivity contribution in [3.63, 3.8) is 0 Å². The van der Waals surface area contributed by atoms with E-state index in [1.54, 1.807) is 4.90 Å². The molecule has 78 valence electrons. The fraction of sp³-hybridized carbons (Fsp3) is 0.833. The van der Waals surface area contributed by atoms with Crippen LogP contribution in [0.1, 0.15) is 0 Å². The Kier molecular flexibility index (Phi) is 4.66. The molecule has 1 aliphatic heterocycles. The highest BCUT2D eigenvalue weighted by Crippen LogP contribution is 2.03. The van der Waals surface area contributed by atoms with Crippen LogP contribution in [0.5, 0.6) is 0 Å². The summed E-state index contributed by atoms with van der Waals surface area (Å²) in [6.07, 6.45) is 1.93. The Morgan fingerprint density at radius 2 is 1.62 bits per heavy atom. The molecule has 1 fully saturated rings. The first-order valence-corrected chi connectivity index (χ1v) is 5.53. The first-order valence-electron chi connectivity index (χ1n) is 3.68. The molecular formula is C6H13ClN2O3S. The lowest BCUT2D eigenvalue weighted by atomic mass is 10.4. The van der Waals surface area contributed by atoms with Crippen LogP contribution in [-0.2, 0) is 14.8 Å². The number of halogens is 1. The highest BCUT2D eigenvalue weighted by Gasteiger charge is 2.21. The molecule has 1 amide bonds. The van der Waals surface area contributed by atoms with Crippen molar-refractivity contribution in [3.8, 4) is 0 Å². The number of carbonyl (C=O) groups is 1. The Balaban J connectivity index is 0.00000144. The fourth-order valence-corrected chi connectivity index (χ4v) is 1.97. The van der Waals surface area contributed by atoms with Gasteiger partial charge < -0.3 is 4.90 Å². The predicted molar refractivity (Wildman–Crippen MR) is 51.3 cm³/mol. The molecule has 0 saturated carbocycles. The van der Waals surface area contributed by atoms with E-state index in [4.69, 9.17) is 0 Å². The molecule has 1 aliphatic rings. The number of hydrogen-bond acceptors (Lipinski definition) is 3. The molecule has 0 atom stereocenters. The van der Waals surface area contributed by atoms with E-state index in [2.05, 4.69) is 0 Å². The first kappa shape index (κ1) is 12.7. The van der Waals surface area contributed by atoms with Crippen molar-refractivity contribution in [3.05, 3.63) is 0 Å². The number of hydrogen-bond donors (Lipinski definition) is 0. The molecule has 1 heterocycles.